The number of rotatable bonds is 5. The highest BCUT2D eigenvalue weighted by Gasteiger charge is 2.34. The summed E-state index contributed by atoms with van der Waals surface area (Å²) in [5.41, 5.74) is 1.47. The van der Waals surface area contributed by atoms with Gasteiger partial charge in [-0.05, 0) is 43.6 Å². The molecular weight excluding hydrogens is 256 g/mol. The Morgan fingerprint density at radius 2 is 1.86 bits per heavy atom. The summed E-state index contributed by atoms with van der Waals surface area (Å²) < 4.78 is 0. The molecule has 4 unspecified atom stereocenters. The largest absolute Gasteiger partial charge is 0.312 e. The van der Waals surface area contributed by atoms with Gasteiger partial charge in [-0.1, -0.05) is 44.2 Å². The van der Waals surface area contributed by atoms with Crippen molar-refractivity contribution >= 4 is 0 Å². The van der Waals surface area contributed by atoms with Crippen molar-refractivity contribution in [1.29, 1.82) is 0 Å². The maximum absolute atomic E-state index is 3.76. The number of hydrogen-bond acceptors (Lipinski definition) is 2. The summed E-state index contributed by atoms with van der Waals surface area (Å²) in [5.74, 6) is 1.60. The third-order valence-electron chi connectivity index (χ3n) is 5.41. The van der Waals surface area contributed by atoms with E-state index in [4.69, 9.17) is 0 Å². The molecule has 0 bridgehead atoms. The second kappa shape index (κ2) is 6.50. The first kappa shape index (κ1) is 15.1. The van der Waals surface area contributed by atoms with E-state index >= 15 is 0 Å². The van der Waals surface area contributed by atoms with E-state index in [2.05, 4.69) is 61.3 Å². The van der Waals surface area contributed by atoms with Gasteiger partial charge in [-0.15, -0.1) is 0 Å². The molecule has 1 saturated carbocycles. The number of hydrogen-bond donors (Lipinski definition) is 1. The van der Waals surface area contributed by atoms with Gasteiger partial charge in [-0.3, -0.25) is 4.90 Å². The topological polar surface area (TPSA) is 15.3 Å². The van der Waals surface area contributed by atoms with E-state index in [-0.39, 0.29) is 0 Å². The molecule has 21 heavy (non-hydrogen) atoms. The minimum absolute atomic E-state index is 0.520. The monoisotopic (exact) mass is 286 g/mol. The zero-order chi connectivity index (χ0) is 14.8. The van der Waals surface area contributed by atoms with Gasteiger partial charge < -0.3 is 5.32 Å². The average molecular weight is 286 g/mol. The molecule has 1 aliphatic heterocycles. The molecule has 2 aliphatic rings. The first-order valence-electron chi connectivity index (χ1n) is 8.69. The molecule has 0 radical (unpaired) electrons. The lowest BCUT2D eigenvalue weighted by atomic mass is 9.84. The number of benzene rings is 1. The van der Waals surface area contributed by atoms with Crippen LogP contribution < -0.4 is 5.32 Å². The van der Waals surface area contributed by atoms with Crippen LogP contribution in [0.15, 0.2) is 30.3 Å². The molecule has 0 spiro atoms. The fraction of sp³-hybridized carbons (Fsp3) is 0.684. The third kappa shape index (κ3) is 3.67. The fourth-order valence-electron chi connectivity index (χ4n) is 3.84. The van der Waals surface area contributed by atoms with Gasteiger partial charge in [0, 0.05) is 31.2 Å². The third-order valence-corrected chi connectivity index (χ3v) is 5.41. The maximum atomic E-state index is 3.76. The SMILES string of the molecule is CC1CC(C)C(C)N(C(CNC2CC2)c2ccccc2)C1. The minimum Gasteiger partial charge on any atom is -0.312 e. The highest BCUT2D eigenvalue weighted by molar-refractivity contribution is 5.20. The molecule has 1 aromatic rings. The zero-order valence-electron chi connectivity index (χ0n) is 13.8. The van der Waals surface area contributed by atoms with E-state index in [9.17, 15) is 0 Å². The molecule has 116 valence electrons. The second-order valence-corrected chi connectivity index (χ2v) is 7.36. The van der Waals surface area contributed by atoms with Crippen molar-refractivity contribution in [3.63, 3.8) is 0 Å². The molecule has 3 rings (SSSR count). The summed E-state index contributed by atoms with van der Waals surface area (Å²) in [5, 5.41) is 3.76. The van der Waals surface area contributed by atoms with Crippen molar-refractivity contribution < 1.29 is 0 Å². The maximum Gasteiger partial charge on any atom is 0.0475 e. The Morgan fingerprint density at radius 3 is 2.52 bits per heavy atom. The lowest BCUT2D eigenvalue weighted by molar-refractivity contribution is 0.0391. The van der Waals surface area contributed by atoms with Gasteiger partial charge in [0.1, 0.15) is 0 Å². The Hall–Kier alpha value is -0.860. The van der Waals surface area contributed by atoms with Crippen molar-refractivity contribution in [1.82, 2.24) is 10.2 Å². The van der Waals surface area contributed by atoms with Crippen molar-refractivity contribution in [2.24, 2.45) is 11.8 Å². The summed E-state index contributed by atoms with van der Waals surface area (Å²) in [6.45, 7) is 9.58. The molecule has 4 atom stereocenters. The Bertz CT molecular complexity index is 440. The van der Waals surface area contributed by atoms with Crippen molar-refractivity contribution in [3.8, 4) is 0 Å². The minimum atomic E-state index is 0.520. The number of piperidine rings is 1. The Balaban J connectivity index is 1.79. The average Bonchev–Trinajstić information content (AvgIpc) is 3.29. The summed E-state index contributed by atoms with van der Waals surface area (Å²) in [4.78, 5) is 2.75. The van der Waals surface area contributed by atoms with Crippen molar-refractivity contribution in [2.75, 3.05) is 13.1 Å². The van der Waals surface area contributed by atoms with Gasteiger partial charge in [0.05, 0.1) is 0 Å². The zero-order valence-corrected chi connectivity index (χ0v) is 13.8. The molecule has 0 aromatic heterocycles. The van der Waals surface area contributed by atoms with Crippen LogP contribution in [0.3, 0.4) is 0 Å². The van der Waals surface area contributed by atoms with Crippen LogP contribution in [0.2, 0.25) is 0 Å². The second-order valence-electron chi connectivity index (χ2n) is 7.36. The van der Waals surface area contributed by atoms with Gasteiger partial charge in [0.25, 0.3) is 0 Å². The lowest BCUT2D eigenvalue weighted by Crippen LogP contribution is -2.49. The van der Waals surface area contributed by atoms with E-state index in [0.717, 1.165) is 24.4 Å². The molecule has 1 heterocycles. The normalized spacial score (nSPS) is 32.0. The van der Waals surface area contributed by atoms with Gasteiger partial charge in [-0.25, -0.2) is 0 Å². The smallest absolute Gasteiger partial charge is 0.0475 e. The predicted octanol–water partition coefficient (Wildman–Crippen LogP) is 3.85. The van der Waals surface area contributed by atoms with E-state index in [1.165, 1.54) is 31.4 Å². The number of nitrogens with one attached hydrogen (secondary N) is 1. The molecule has 0 amide bonds. The summed E-state index contributed by atoms with van der Waals surface area (Å²) in [6, 6.07) is 13.1. The van der Waals surface area contributed by atoms with Crippen LogP contribution in [0, 0.1) is 11.8 Å². The van der Waals surface area contributed by atoms with Crippen LogP contribution in [0.4, 0.5) is 0 Å². The van der Waals surface area contributed by atoms with Gasteiger partial charge >= 0.3 is 0 Å². The quantitative estimate of drug-likeness (QED) is 0.884. The van der Waals surface area contributed by atoms with E-state index in [1.54, 1.807) is 0 Å². The Morgan fingerprint density at radius 1 is 1.14 bits per heavy atom. The van der Waals surface area contributed by atoms with Crippen LogP contribution in [-0.2, 0) is 0 Å². The number of likely N-dealkylation sites (tertiary alicyclic amines) is 1. The summed E-state index contributed by atoms with van der Waals surface area (Å²) >= 11 is 0. The van der Waals surface area contributed by atoms with Crippen LogP contribution in [-0.4, -0.2) is 30.1 Å². The lowest BCUT2D eigenvalue weighted by Gasteiger charge is -2.45. The predicted molar refractivity (Wildman–Crippen MR) is 89.3 cm³/mol. The molecule has 2 nitrogen and oxygen atoms in total. The number of nitrogens with zero attached hydrogens (tertiary/aromatic N) is 1. The van der Waals surface area contributed by atoms with Gasteiger partial charge in [0.15, 0.2) is 0 Å². The molecule has 1 aromatic carbocycles. The standard InChI is InChI=1S/C19H30N2/c1-14-11-15(2)16(3)21(13-14)19(12-20-18-9-10-18)17-7-5-4-6-8-17/h4-8,14-16,18-20H,9-13H2,1-3H3. The van der Waals surface area contributed by atoms with Crippen LogP contribution in [0.5, 0.6) is 0 Å². The summed E-state index contributed by atoms with van der Waals surface area (Å²) in [7, 11) is 0. The summed E-state index contributed by atoms with van der Waals surface area (Å²) in [6.07, 6.45) is 4.10. The molecule has 1 saturated heterocycles. The van der Waals surface area contributed by atoms with Gasteiger partial charge in [-0.2, -0.15) is 0 Å². The van der Waals surface area contributed by atoms with E-state index in [0.29, 0.717) is 12.1 Å². The van der Waals surface area contributed by atoms with Crippen molar-refractivity contribution in [2.45, 2.75) is 58.2 Å². The van der Waals surface area contributed by atoms with Crippen LogP contribution in [0.25, 0.3) is 0 Å². The van der Waals surface area contributed by atoms with Crippen LogP contribution in [0.1, 0.15) is 51.6 Å². The molecule has 2 heteroatoms. The first-order valence-corrected chi connectivity index (χ1v) is 8.69. The molecule has 1 N–H and O–H groups in total. The van der Waals surface area contributed by atoms with Gasteiger partial charge in [0.2, 0.25) is 0 Å². The molecular formula is C19H30N2. The first-order chi connectivity index (χ1) is 10.1. The molecule has 1 aliphatic carbocycles. The highest BCUT2D eigenvalue weighted by atomic mass is 15.2. The Kier molecular flexibility index (Phi) is 4.66. The Labute approximate surface area is 129 Å². The van der Waals surface area contributed by atoms with Crippen LogP contribution >= 0.6 is 0 Å². The molecule has 2 fully saturated rings. The highest BCUT2D eigenvalue weighted by Crippen LogP contribution is 2.34. The van der Waals surface area contributed by atoms with E-state index < -0.39 is 0 Å². The fourth-order valence-corrected chi connectivity index (χ4v) is 3.84. The van der Waals surface area contributed by atoms with E-state index in [1.807, 2.05) is 0 Å². The van der Waals surface area contributed by atoms with Crippen molar-refractivity contribution in [3.05, 3.63) is 35.9 Å².